The van der Waals surface area contributed by atoms with Crippen LogP contribution in [0.3, 0.4) is 0 Å². The van der Waals surface area contributed by atoms with Crippen LogP contribution in [0.4, 0.5) is 0 Å². The number of piperidine rings is 1. The van der Waals surface area contributed by atoms with Crippen LogP contribution in [0.5, 0.6) is 0 Å². The van der Waals surface area contributed by atoms with Gasteiger partial charge in [0, 0.05) is 18.8 Å². The minimum absolute atomic E-state index is 0.0199. The fraction of sp³-hybridized carbons (Fsp3) is 0.688. The number of rotatable bonds is 3. The molecule has 1 aromatic heterocycles. The van der Waals surface area contributed by atoms with Crippen LogP contribution in [0.1, 0.15) is 49.1 Å². The molecule has 3 rings (SSSR count). The zero-order valence-electron chi connectivity index (χ0n) is 12.7. The summed E-state index contributed by atoms with van der Waals surface area (Å²) in [5, 5.41) is 6.54. The highest BCUT2D eigenvalue weighted by atomic mass is 16.5. The van der Waals surface area contributed by atoms with Crippen LogP contribution in [0.25, 0.3) is 0 Å². The van der Waals surface area contributed by atoms with Gasteiger partial charge >= 0.3 is 0 Å². The molecule has 1 unspecified atom stereocenters. The van der Waals surface area contributed by atoms with Crippen molar-refractivity contribution in [2.45, 2.75) is 44.2 Å². The average molecular weight is 291 g/mol. The molecule has 116 valence electrons. The highest BCUT2D eigenvalue weighted by Gasteiger charge is 2.31. The fourth-order valence-corrected chi connectivity index (χ4v) is 3.36. The van der Waals surface area contributed by atoms with Gasteiger partial charge in [-0.25, -0.2) is 0 Å². The summed E-state index contributed by atoms with van der Waals surface area (Å²) in [6, 6.07) is 4.32. The molecular weight excluding hydrogens is 266 g/mol. The van der Waals surface area contributed by atoms with Crippen LogP contribution >= 0.6 is 0 Å². The Hall–Kier alpha value is -1.33. The van der Waals surface area contributed by atoms with E-state index in [2.05, 4.69) is 22.1 Å². The van der Waals surface area contributed by atoms with E-state index in [1.165, 1.54) is 0 Å². The SMILES string of the molecule is CC1(NC(=O)c2cccn2C2CCNCC2)CCCOC1. The monoisotopic (exact) mass is 291 g/mol. The van der Waals surface area contributed by atoms with Crippen molar-refractivity contribution < 1.29 is 9.53 Å². The summed E-state index contributed by atoms with van der Waals surface area (Å²) in [6.45, 7) is 5.52. The number of nitrogens with zero attached hydrogens (tertiary/aromatic N) is 1. The zero-order chi connectivity index (χ0) is 14.7. The summed E-state index contributed by atoms with van der Waals surface area (Å²) in [6.07, 6.45) is 6.17. The van der Waals surface area contributed by atoms with Gasteiger partial charge in [0.1, 0.15) is 5.69 Å². The standard InChI is InChI=1S/C16H25N3O2/c1-16(7-3-11-21-12-16)18-15(20)14-4-2-10-19(14)13-5-8-17-9-6-13/h2,4,10,13,17H,3,5-9,11-12H2,1H3,(H,18,20). The van der Waals surface area contributed by atoms with E-state index in [4.69, 9.17) is 4.74 Å². The van der Waals surface area contributed by atoms with Gasteiger partial charge in [-0.3, -0.25) is 4.79 Å². The van der Waals surface area contributed by atoms with E-state index in [0.717, 1.165) is 51.1 Å². The molecule has 0 radical (unpaired) electrons. The van der Waals surface area contributed by atoms with Crippen molar-refractivity contribution in [2.24, 2.45) is 0 Å². The van der Waals surface area contributed by atoms with Crippen molar-refractivity contribution >= 4 is 5.91 Å². The number of aromatic nitrogens is 1. The molecule has 2 saturated heterocycles. The van der Waals surface area contributed by atoms with Crippen LogP contribution in [0, 0.1) is 0 Å². The Balaban J connectivity index is 1.71. The Morgan fingerprint density at radius 2 is 2.29 bits per heavy atom. The van der Waals surface area contributed by atoms with Gasteiger partial charge in [0.05, 0.1) is 12.1 Å². The fourth-order valence-electron chi connectivity index (χ4n) is 3.36. The summed E-state index contributed by atoms with van der Waals surface area (Å²) < 4.78 is 7.66. The first kappa shape index (κ1) is 14.6. The highest BCUT2D eigenvalue weighted by Crippen LogP contribution is 2.23. The first-order valence-corrected chi connectivity index (χ1v) is 7.96. The molecular formula is C16H25N3O2. The molecule has 2 N–H and O–H groups in total. The first-order chi connectivity index (χ1) is 10.2. The van der Waals surface area contributed by atoms with Crippen LogP contribution in [0.15, 0.2) is 18.3 Å². The quantitative estimate of drug-likeness (QED) is 0.891. The molecule has 0 spiro atoms. The number of hydrogen-bond donors (Lipinski definition) is 2. The Morgan fingerprint density at radius 1 is 1.48 bits per heavy atom. The predicted octanol–water partition coefficient (Wildman–Crippen LogP) is 1.71. The highest BCUT2D eigenvalue weighted by molar-refractivity contribution is 5.93. The number of ether oxygens (including phenoxy) is 1. The number of nitrogens with one attached hydrogen (secondary N) is 2. The predicted molar refractivity (Wildman–Crippen MR) is 81.5 cm³/mol. The molecule has 0 aliphatic carbocycles. The Morgan fingerprint density at radius 3 is 3.00 bits per heavy atom. The molecule has 5 nitrogen and oxygen atoms in total. The first-order valence-electron chi connectivity index (χ1n) is 7.96. The minimum atomic E-state index is -0.238. The van der Waals surface area contributed by atoms with Crippen molar-refractivity contribution in [3.8, 4) is 0 Å². The molecule has 2 aliphatic heterocycles. The lowest BCUT2D eigenvalue weighted by atomic mass is 9.94. The lowest BCUT2D eigenvalue weighted by Crippen LogP contribution is -2.52. The molecule has 5 heteroatoms. The zero-order valence-corrected chi connectivity index (χ0v) is 12.7. The lowest BCUT2D eigenvalue weighted by molar-refractivity contribution is 0.0269. The minimum Gasteiger partial charge on any atom is -0.379 e. The smallest absolute Gasteiger partial charge is 0.268 e. The maximum Gasteiger partial charge on any atom is 0.268 e. The van der Waals surface area contributed by atoms with Gasteiger partial charge in [-0.2, -0.15) is 0 Å². The van der Waals surface area contributed by atoms with Crippen LogP contribution in [-0.4, -0.2) is 42.3 Å². The van der Waals surface area contributed by atoms with Crippen molar-refractivity contribution in [1.29, 1.82) is 0 Å². The molecule has 2 aliphatic rings. The summed E-state index contributed by atoms with van der Waals surface area (Å²) in [5.74, 6) is 0.0199. The number of hydrogen-bond acceptors (Lipinski definition) is 3. The molecule has 1 amide bonds. The second-order valence-corrected chi connectivity index (χ2v) is 6.45. The van der Waals surface area contributed by atoms with Crippen LogP contribution in [0.2, 0.25) is 0 Å². The third-order valence-corrected chi connectivity index (χ3v) is 4.57. The Bertz CT molecular complexity index is 485. The second kappa shape index (κ2) is 6.20. The largest absolute Gasteiger partial charge is 0.379 e. The van der Waals surface area contributed by atoms with E-state index in [1.807, 2.05) is 18.3 Å². The molecule has 2 fully saturated rings. The summed E-state index contributed by atoms with van der Waals surface area (Å²) >= 11 is 0. The van der Waals surface area contributed by atoms with E-state index in [0.29, 0.717) is 12.6 Å². The number of carbonyl (C=O) groups excluding carboxylic acids is 1. The normalized spacial score (nSPS) is 27.5. The second-order valence-electron chi connectivity index (χ2n) is 6.45. The maximum atomic E-state index is 12.6. The summed E-state index contributed by atoms with van der Waals surface area (Å²) in [4.78, 5) is 12.6. The van der Waals surface area contributed by atoms with Gasteiger partial charge < -0.3 is 19.9 Å². The van der Waals surface area contributed by atoms with Gasteiger partial charge in [-0.15, -0.1) is 0 Å². The molecule has 3 heterocycles. The van der Waals surface area contributed by atoms with Gasteiger partial charge in [-0.1, -0.05) is 0 Å². The van der Waals surface area contributed by atoms with E-state index in [-0.39, 0.29) is 11.4 Å². The van der Waals surface area contributed by atoms with Gasteiger partial charge in [0.2, 0.25) is 0 Å². The Kier molecular flexibility index (Phi) is 4.31. The molecule has 1 aromatic rings. The van der Waals surface area contributed by atoms with E-state index in [9.17, 15) is 4.79 Å². The third-order valence-electron chi connectivity index (χ3n) is 4.57. The molecule has 21 heavy (non-hydrogen) atoms. The summed E-state index contributed by atoms with van der Waals surface area (Å²) in [7, 11) is 0. The van der Waals surface area contributed by atoms with Crippen molar-refractivity contribution in [3.05, 3.63) is 24.0 Å². The van der Waals surface area contributed by atoms with Gasteiger partial charge in [-0.05, 0) is 57.8 Å². The maximum absolute atomic E-state index is 12.6. The molecule has 1 atom stereocenters. The number of amides is 1. The van der Waals surface area contributed by atoms with Gasteiger partial charge in [0.25, 0.3) is 5.91 Å². The van der Waals surface area contributed by atoms with E-state index < -0.39 is 0 Å². The van der Waals surface area contributed by atoms with Gasteiger partial charge in [0.15, 0.2) is 0 Å². The van der Waals surface area contributed by atoms with Crippen molar-refractivity contribution in [3.63, 3.8) is 0 Å². The molecule has 0 bridgehead atoms. The third kappa shape index (κ3) is 3.30. The van der Waals surface area contributed by atoms with Crippen molar-refractivity contribution in [2.75, 3.05) is 26.3 Å². The average Bonchev–Trinajstić information content (AvgIpc) is 2.98. The van der Waals surface area contributed by atoms with Crippen molar-refractivity contribution in [1.82, 2.24) is 15.2 Å². The molecule has 0 saturated carbocycles. The van der Waals surface area contributed by atoms with Crippen LogP contribution < -0.4 is 10.6 Å². The van der Waals surface area contributed by atoms with E-state index in [1.54, 1.807) is 0 Å². The van der Waals surface area contributed by atoms with Crippen LogP contribution in [-0.2, 0) is 4.74 Å². The number of carbonyl (C=O) groups is 1. The Labute approximate surface area is 126 Å². The lowest BCUT2D eigenvalue weighted by Gasteiger charge is -2.34. The summed E-state index contributed by atoms with van der Waals surface area (Å²) in [5.41, 5.74) is 0.534. The topological polar surface area (TPSA) is 55.3 Å². The molecule has 0 aromatic carbocycles. The van der Waals surface area contributed by atoms with E-state index >= 15 is 0 Å².